The van der Waals surface area contributed by atoms with Crippen molar-refractivity contribution in [1.29, 1.82) is 0 Å². The fourth-order valence-electron chi connectivity index (χ4n) is 5.99. The average Bonchev–Trinajstić information content (AvgIpc) is 3.68. The summed E-state index contributed by atoms with van der Waals surface area (Å²) in [4.78, 5) is 43.1. The number of nitrogens with zero attached hydrogens (tertiary/aromatic N) is 1. The Morgan fingerprint density at radius 3 is 2.36 bits per heavy atom. The number of carbonyl (C=O) groups excluding carboxylic acids is 2. The molecule has 6 rings (SSSR count). The Kier molecular flexibility index (Phi) is 6.52. The van der Waals surface area contributed by atoms with Crippen LogP contribution in [0.3, 0.4) is 0 Å². The maximum absolute atomic E-state index is 13.6. The molecule has 8 heteroatoms. The van der Waals surface area contributed by atoms with Crippen LogP contribution >= 0.6 is 0 Å². The SMILES string of the molecule is O=C(NC(Cc1c[nH]c2ccccc12)C(=O)N1CCCC1C(=O)O)OCC1c2ccccc2-c2ccccc21. The van der Waals surface area contributed by atoms with Crippen LogP contribution in [0, 0.1) is 0 Å². The lowest BCUT2D eigenvalue weighted by Crippen LogP contribution is -2.52. The molecular weight excluding hydrogens is 494 g/mol. The van der Waals surface area contributed by atoms with Gasteiger partial charge in [0.15, 0.2) is 0 Å². The third-order valence-electron chi connectivity index (χ3n) is 7.85. The van der Waals surface area contributed by atoms with Crippen molar-refractivity contribution in [2.24, 2.45) is 0 Å². The fraction of sp³-hybridized carbons (Fsp3) is 0.258. The van der Waals surface area contributed by atoms with Crippen LogP contribution in [0.2, 0.25) is 0 Å². The van der Waals surface area contributed by atoms with E-state index in [2.05, 4.69) is 22.4 Å². The van der Waals surface area contributed by atoms with Gasteiger partial charge in [-0.25, -0.2) is 9.59 Å². The Balaban J connectivity index is 1.22. The van der Waals surface area contributed by atoms with E-state index in [1.165, 1.54) is 4.90 Å². The highest BCUT2D eigenvalue weighted by Gasteiger charge is 2.38. The molecule has 0 spiro atoms. The Bertz CT molecular complexity index is 1520. The minimum absolute atomic E-state index is 0.110. The van der Waals surface area contributed by atoms with Crippen molar-refractivity contribution in [2.45, 2.75) is 37.3 Å². The molecule has 4 aromatic rings. The number of fused-ring (bicyclic) bond motifs is 4. The second-order valence-corrected chi connectivity index (χ2v) is 10.1. The predicted molar refractivity (Wildman–Crippen MR) is 146 cm³/mol. The minimum atomic E-state index is -1.03. The maximum Gasteiger partial charge on any atom is 0.407 e. The van der Waals surface area contributed by atoms with Crippen LogP contribution in [-0.2, 0) is 20.7 Å². The highest BCUT2D eigenvalue weighted by molar-refractivity contribution is 5.91. The number of aromatic nitrogens is 1. The average molecular weight is 524 g/mol. The number of aromatic amines is 1. The highest BCUT2D eigenvalue weighted by atomic mass is 16.5. The summed E-state index contributed by atoms with van der Waals surface area (Å²) in [5, 5.41) is 13.4. The molecule has 198 valence electrons. The number of H-pyrrole nitrogens is 1. The zero-order valence-corrected chi connectivity index (χ0v) is 21.3. The van der Waals surface area contributed by atoms with Gasteiger partial charge >= 0.3 is 12.1 Å². The molecule has 0 radical (unpaired) electrons. The highest BCUT2D eigenvalue weighted by Crippen LogP contribution is 2.44. The number of amides is 2. The number of likely N-dealkylation sites (tertiary alicyclic amines) is 1. The first-order valence-electron chi connectivity index (χ1n) is 13.2. The van der Waals surface area contributed by atoms with Crippen LogP contribution in [0.1, 0.15) is 35.4 Å². The van der Waals surface area contributed by atoms with Gasteiger partial charge in [-0.2, -0.15) is 0 Å². The fourth-order valence-corrected chi connectivity index (χ4v) is 5.99. The molecule has 2 heterocycles. The van der Waals surface area contributed by atoms with Gasteiger partial charge in [0.1, 0.15) is 18.7 Å². The number of rotatable bonds is 7. The monoisotopic (exact) mass is 523 g/mol. The van der Waals surface area contributed by atoms with Gasteiger partial charge in [-0.1, -0.05) is 66.7 Å². The number of carboxylic acids is 1. The second kappa shape index (κ2) is 10.3. The molecule has 1 fully saturated rings. The van der Waals surface area contributed by atoms with E-state index in [4.69, 9.17) is 4.74 Å². The van der Waals surface area contributed by atoms with Crippen molar-refractivity contribution < 1.29 is 24.2 Å². The Labute approximate surface area is 225 Å². The summed E-state index contributed by atoms with van der Waals surface area (Å²) in [6.07, 6.45) is 2.32. The molecule has 2 aliphatic rings. The van der Waals surface area contributed by atoms with Gasteiger partial charge in [0.2, 0.25) is 5.91 Å². The Morgan fingerprint density at radius 2 is 1.64 bits per heavy atom. The van der Waals surface area contributed by atoms with Crippen LogP contribution in [0.15, 0.2) is 79.0 Å². The number of ether oxygens (including phenoxy) is 1. The lowest BCUT2D eigenvalue weighted by Gasteiger charge is -2.27. The first-order valence-corrected chi connectivity index (χ1v) is 13.2. The van der Waals surface area contributed by atoms with Gasteiger partial charge in [0, 0.05) is 36.0 Å². The van der Waals surface area contributed by atoms with E-state index in [0.29, 0.717) is 19.4 Å². The van der Waals surface area contributed by atoms with Crippen LogP contribution in [0.5, 0.6) is 0 Å². The molecule has 0 bridgehead atoms. The summed E-state index contributed by atoms with van der Waals surface area (Å²) in [6.45, 7) is 0.460. The van der Waals surface area contributed by atoms with Crippen LogP contribution in [0.25, 0.3) is 22.0 Å². The van der Waals surface area contributed by atoms with Gasteiger partial charge in [0.25, 0.3) is 0 Å². The smallest absolute Gasteiger partial charge is 0.407 e. The predicted octanol–water partition coefficient (Wildman–Crippen LogP) is 4.69. The zero-order valence-electron chi connectivity index (χ0n) is 21.3. The standard InChI is InChI=1S/C31H29N3O5/c35-29(34-15-7-14-28(34)30(36)37)27(16-19-17-32-26-13-6-5-8-20(19)26)33-31(38)39-18-25-23-11-3-1-9-21(23)22-10-2-4-12-24(22)25/h1-6,8-13,17,25,27-28,32H,7,14-16,18H2,(H,33,38)(H,36,37). The van der Waals surface area contributed by atoms with Crippen molar-refractivity contribution in [3.8, 4) is 11.1 Å². The van der Waals surface area contributed by atoms with E-state index in [-0.39, 0.29) is 18.9 Å². The first kappa shape index (κ1) is 24.7. The number of carboxylic acid groups (broad SMARTS) is 1. The lowest BCUT2D eigenvalue weighted by atomic mass is 9.98. The minimum Gasteiger partial charge on any atom is -0.480 e. The molecule has 1 aliphatic heterocycles. The van der Waals surface area contributed by atoms with Crippen LogP contribution < -0.4 is 5.32 Å². The summed E-state index contributed by atoms with van der Waals surface area (Å²) in [7, 11) is 0. The summed E-state index contributed by atoms with van der Waals surface area (Å²) in [6, 6.07) is 22.0. The van der Waals surface area contributed by atoms with Crippen molar-refractivity contribution in [2.75, 3.05) is 13.2 Å². The second-order valence-electron chi connectivity index (χ2n) is 10.1. The van der Waals surface area contributed by atoms with Gasteiger partial charge in [0.05, 0.1) is 0 Å². The topological polar surface area (TPSA) is 112 Å². The molecule has 8 nitrogen and oxygen atoms in total. The number of hydrogen-bond acceptors (Lipinski definition) is 4. The van der Waals surface area contributed by atoms with Gasteiger partial charge in [-0.05, 0) is 46.7 Å². The Morgan fingerprint density at radius 1 is 0.974 bits per heavy atom. The number of para-hydroxylation sites is 1. The number of benzene rings is 3. The number of nitrogens with one attached hydrogen (secondary N) is 2. The van der Waals surface area contributed by atoms with E-state index in [1.807, 2.05) is 66.9 Å². The number of hydrogen-bond donors (Lipinski definition) is 3. The molecule has 39 heavy (non-hydrogen) atoms. The summed E-state index contributed by atoms with van der Waals surface area (Å²) in [5.74, 6) is -1.56. The molecule has 1 aliphatic carbocycles. The quantitative estimate of drug-likeness (QED) is 0.325. The first-order chi connectivity index (χ1) is 19.0. The Hall–Kier alpha value is -4.59. The molecule has 2 amide bonds. The molecule has 1 saturated heterocycles. The molecule has 0 saturated carbocycles. The zero-order chi connectivity index (χ0) is 26.9. The van der Waals surface area contributed by atoms with Crippen molar-refractivity contribution >= 4 is 28.9 Å². The third kappa shape index (κ3) is 4.63. The molecule has 1 aromatic heterocycles. The largest absolute Gasteiger partial charge is 0.480 e. The van der Waals surface area contributed by atoms with E-state index < -0.39 is 30.1 Å². The normalized spacial score (nSPS) is 17.0. The summed E-state index contributed by atoms with van der Waals surface area (Å²) < 4.78 is 5.72. The van der Waals surface area contributed by atoms with E-state index >= 15 is 0 Å². The van der Waals surface area contributed by atoms with Gasteiger partial charge in [-0.15, -0.1) is 0 Å². The van der Waals surface area contributed by atoms with E-state index in [1.54, 1.807) is 0 Å². The molecule has 2 unspecified atom stereocenters. The summed E-state index contributed by atoms with van der Waals surface area (Å²) >= 11 is 0. The molecule has 3 aromatic carbocycles. The molecule has 2 atom stereocenters. The molecule has 3 N–H and O–H groups in total. The number of aliphatic carboxylic acids is 1. The van der Waals surface area contributed by atoms with Crippen molar-refractivity contribution in [3.63, 3.8) is 0 Å². The van der Waals surface area contributed by atoms with Gasteiger partial charge in [-0.3, -0.25) is 4.79 Å². The van der Waals surface area contributed by atoms with E-state index in [0.717, 1.165) is 38.7 Å². The number of carbonyl (C=O) groups is 3. The summed E-state index contributed by atoms with van der Waals surface area (Å²) in [5.41, 5.74) is 6.23. The number of alkyl carbamates (subject to hydrolysis) is 1. The maximum atomic E-state index is 13.6. The van der Waals surface area contributed by atoms with Gasteiger partial charge < -0.3 is 25.0 Å². The van der Waals surface area contributed by atoms with Crippen LogP contribution in [0.4, 0.5) is 4.79 Å². The van der Waals surface area contributed by atoms with Crippen LogP contribution in [-0.4, -0.2) is 58.2 Å². The molecular formula is C31H29N3O5. The van der Waals surface area contributed by atoms with E-state index in [9.17, 15) is 19.5 Å². The van der Waals surface area contributed by atoms with Crippen molar-refractivity contribution in [1.82, 2.24) is 15.2 Å². The third-order valence-corrected chi connectivity index (χ3v) is 7.85. The van der Waals surface area contributed by atoms with Crippen molar-refractivity contribution in [3.05, 3.63) is 95.7 Å². The lowest BCUT2D eigenvalue weighted by molar-refractivity contribution is -0.148.